The van der Waals surface area contributed by atoms with Gasteiger partial charge in [0, 0.05) is 20.1 Å². The molecule has 1 saturated carbocycles. The van der Waals surface area contributed by atoms with Gasteiger partial charge in [0.2, 0.25) is 10.0 Å². The standard InChI is InChI=1S/C18H28N2O2S/c1-15-5-3-4-6-17(15)14-20-11-9-16(10-12-20)13-19(2)23(21,22)18-7-8-18/h3-6,16,18H,7-14H2,1-2H3. The first-order chi connectivity index (χ1) is 11.0. The second kappa shape index (κ2) is 6.91. The van der Waals surface area contributed by atoms with Gasteiger partial charge in [0.1, 0.15) is 0 Å². The smallest absolute Gasteiger partial charge is 0.216 e. The lowest BCUT2D eigenvalue weighted by Crippen LogP contribution is -2.40. The molecule has 0 atom stereocenters. The third-order valence-electron chi connectivity index (χ3n) is 5.26. The van der Waals surface area contributed by atoms with Crippen LogP contribution in [0.5, 0.6) is 0 Å². The average molecular weight is 337 g/mol. The number of nitrogens with zero attached hydrogens (tertiary/aromatic N) is 2. The van der Waals surface area contributed by atoms with Crippen LogP contribution in [0.1, 0.15) is 36.8 Å². The molecule has 0 N–H and O–H groups in total. The minimum atomic E-state index is -3.01. The minimum absolute atomic E-state index is 0.0892. The highest BCUT2D eigenvalue weighted by Gasteiger charge is 2.39. The molecule has 1 aromatic carbocycles. The normalized spacial score (nSPS) is 21.0. The molecule has 0 aromatic heterocycles. The number of piperidine rings is 1. The zero-order chi connectivity index (χ0) is 16.4. The fraction of sp³-hybridized carbons (Fsp3) is 0.667. The predicted octanol–water partition coefficient (Wildman–Crippen LogP) is 2.63. The number of benzene rings is 1. The molecule has 1 aromatic rings. The molecule has 1 aliphatic heterocycles. The minimum Gasteiger partial charge on any atom is -0.299 e. The van der Waals surface area contributed by atoms with Crippen molar-refractivity contribution < 1.29 is 8.42 Å². The van der Waals surface area contributed by atoms with Crippen molar-refractivity contribution >= 4 is 10.0 Å². The molecule has 0 bridgehead atoms. The van der Waals surface area contributed by atoms with E-state index in [2.05, 4.69) is 36.1 Å². The second-order valence-electron chi connectivity index (χ2n) is 7.17. The molecule has 2 aliphatic rings. The van der Waals surface area contributed by atoms with Crippen molar-refractivity contribution in [2.24, 2.45) is 5.92 Å². The third-order valence-corrected chi connectivity index (χ3v) is 7.59. The fourth-order valence-electron chi connectivity index (χ4n) is 3.44. The third kappa shape index (κ3) is 4.14. The Hall–Kier alpha value is -0.910. The molecule has 4 nitrogen and oxygen atoms in total. The molecule has 0 amide bonds. The van der Waals surface area contributed by atoms with E-state index in [1.165, 1.54) is 11.1 Å². The van der Waals surface area contributed by atoms with E-state index >= 15 is 0 Å². The molecule has 1 aliphatic carbocycles. The Balaban J connectivity index is 1.48. The highest BCUT2D eigenvalue weighted by Crippen LogP contribution is 2.31. The Labute approximate surface area is 140 Å². The van der Waals surface area contributed by atoms with Gasteiger partial charge in [-0.2, -0.15) is 0 Å². The van der Waals surface area contributed by atoms with Gasteiger partial charge in [-0.05, 0) is 62.7 Å². The van der Waals surface area contributed by atoms with Gasteiger partial charge in [-0.25, -0.2) is 12.7 Å². The summed E-state index contributed by atoms with van der Waals surface area (Å²) in [5, 5.41) is -0.0892. The molecule has 1 saturated heterocycles. The van der Waals surface area contributed by atoms with E-state index in [-0.39, 0.29) is 5.25 Å². The Morgan fingerprint density at radius 1 is 1.13 bits per heavy atom. The lowest BCUT2D eigenvalue weighted by Gasteiger charge is -2.34. The summed E-state index contributed by atoms with van der Waals surface area (Å²) >= 11 is 0. The Morgan fingerprint density at radius 3 is 2.39 bits per heavy atom. The zero-order valence-electron chi connectivity index (χ0n) is 14.2. The van der Waals surface area contributed by atoms with Gasteiger partial charge >= 0.3 is 0 Å². The van der Waals surface area contributed by atoms with Crippen LogP contribution in [-0.4, -0.2) is 49.6 Å². The van der Waals surface area contributed by atoms with Crippen molar-refractivity contribution in [3.63, 3.8) is 0 Å². The highest BCUT2D eigenvalue weighted by atomic mass is 32.2. The van der Waals surface area contributed by atoms with Gasteiger partial charge in [-0.3, -0.25) is 4.90 Å². The summed E-state index contributed by atoms with van der Waals surface area (Å²) < 4.78 is 26.1. The predicted molar refractivity (Wildman–Crippen MR) is 93.8 cm³/mol. The Bertz CT molecular complexity index is 632. The van der Waals surface area contributed by atoms with E-state index in [0.29, 0.717) is 12.5 Å². The largest absolute Gasteiger partial charge is 0.299 e. The number of hydrogen-bond acceptors (Lipinski definition) is 3. The SMILES string of the molecule is Cc1ccccc1CN1CCC(CN(C)S(=O)(=O)C2CC2)CC1. The summed E-state index contributed by atoms with van der Waals surface area (Å²) in [5.41, 5.74) is 2.75. The van der Waals surface area contributed by atoms with Crippen LogP contribution >= 0.6 is 0 Å². The van der Waals surface area contributed by atoms with Crippen LogP contribution in [0.15, 0.2) is 24.3 Å². The maximum atomic E-state index is 12.2. The average Bonchev–Trinajstić information content (AvgIpc) is 3.36. The number of aryl methyl sites for hydroxylation is 1. The summed E-state index contributed by atoms with van der Waals surface area (Å²) in [6.45, 7) is 6.00. The van der Waals surface area contributed by atoms with Gasteiger partial charge in [0.05, 0.1) is 5.25 Å². The van der Waals surface area contributed by atoms with Crippen molar-refractivity contribution in [1.29, 1.82) is 0 Å². The molecule has 0 unspecified atom stereocenters. The molecule has 1 heterocycles. The zero-order valence-corrected chi connectivity index (χ0v) is 15.1. The van der Waals surface area contributed by atoms with Crippen LogP contribution in [0.3, 0.4) is 0 Å². The monoisotopic (exact) mass is 336 g/mol. The van der Waals surface area contributed by atoms with Crippen molar-refractivity contribution in [2.75, 3.05) is 26.7 Å². The summed E-state index contributed by atoms with van der Waals surface area (Å²) in [4.78, 5) is 2.49. The van der Waals surface area contributed by atoms with E-state index in [4.69, 9.17) is 0 Å². The van der Waals surface area contributed by atoms with Crippen LogP contribution in [0.4, 0.5) is 0 Å². The van der Waals surface area contributed by atoms with Crippen LogP contribution in [-0.2, 0) is 16.6 Å². The van der Waals surface area contributed by atoms with Gasteiger partial charge in [0.15, 0.2) is 0 Å². The number of rotatable bonds is 6. The van der Waals surface area contributed by atoms with E-state index in [9.17, 15) is 8.42 Å². The number of likely N-dealkylation sites (tertiary alicyclic amines) is 1. The van der Waals surface area contributed by atoms with Crippen LogP contribution in [0, 0.1) is 12.8 Å². The van der Waals surface area contributed by atoms with Crippen LogP contribution in [0.25, 0.3) is 0 Å². The highest BCUT2D eigenvalue weighted by molar-refractivity contribution is 7.90. The first kappa shape index (κ1) is 16.9. The molecule has 0 spiro atoms. The van der Waals surface area contributed by atoms with E-state index in [1.807, 2.05) is 0 Å². The van der Waals surface area contributed by atoms with Gasteiger partial charge in [-0.1, -0.05) is 24.3 Å². The Morgan fingerprint density at radius 2 is 1.78 bits per heavy atom. The van der Waals surface area contributed by atoms with Crippen LogP contribution in [0.2, 0.25) is 0 Å². The summed E-state index contributed by atoms with van der Waals surface area (Å²) in [6.07, 6.45) is 3.88. The van der Waals surface area contributed by atoms with Crippen molar-refractivity contribution in [3.8, 4) is 0 Å². The van der Waals surface area contributed by atoms with E-state index < -0.39 is 10.0 Å². The molecule has 3 rings (SSSR count). The molecule has 5 heteroatoms. The summed E-state index contributed by atoms with van der Waals surface area (Å²) in [6, 6.07) is 8.56. The first-order valence-electron chi connectivity index (χ1n) is 8.69. The fourth-order valence-corrected chi connectivity index (χ4v) is 5.10. The van der Waals surface area contributed by atoms with E-state index in [1.54, 1.807) is 11.4 Å². The topological polar surface area (TPSA) is 40.6 Å². The van der Waals surface area contributed by atoms with Crippen LogP contribution < -0.4 is 0 Å². The number of hydrogen-bond donors (Lipinski definition) is 0. The van der Waals surface area contributed by atoms with Crippen molar-refractivity contribution in [2.45, 2.75) is 44.4 Å². The van der Waals surface area contributed by atoms with Crippen molar-refractivity contribution in [1.82, 2.24) is 9.21 Å². The quantitative estimate of drug-likeness (QED) is 0.802. The molecule has 0 radical (unpaired) electrons. The lowest BCUT2D eigenvalue weighted by atomic mass is 9.96. The van der Waals surface area contributed by atoms with E-state index in [0.717, 1.165) is 45.3 Å². The van der Waals surface area contributed by atoms with Gasteiger partial charge in [0.25, 0.3) is 0 Å². The second-order valence-corrected chi connectivity index (χ2v) is 9.49. The Kier molecular flexibility index (Phi) is 5.09. The lowest BCUT2D eigenvalue weighted by molar-refractivity contribution is 0.166. The summed E-state index contributed by atoms with van der Waals surface area (Å²) in [7, 11) is -1.26. The molecule has 128 valence electrons. The van der Waals surface area contributed by atoms with Gasteiger partial charge in [-0.15, -0.1) is 0 Å². The molecule has 23 heavy (non-hydrogen) atoms. The molecule has 2 fully saturated rings. The van der Waals surface area contributed by atoms with Gasteiger partial charge < -0.3 is 0 Å². The molecular weight excluding hydrogens is 308 g/mol. The maximum absolute atomic E-state index is 12.2. The number of sulfonamides is 1. The first-order valence-corrected chi connectivity index (χ1v) is 10.2. The maximum Gasteiger partial charge on any atom is 0.216 e. The van der Waals surface area contributed by atoms with Crippen molar-refractivity contribution in [3.05, 3.63) is 35.4 Å². The molecular formula is C18H28N2O2S. The summed E-state index contributed by atoms with van der Waals surface area (Å²) in [5.74, 6) is 0.502.